The van der Waals surface area contributed by atoms with Crippen LogP contribution < -0.4 is 16.4 Å². The summed E-state index contributed by atoms with van der Waals surface area (Å²) in [7, 11) is 0. The van der Waals surface area contributed by atoms with E-state index in [4.69, 9.17) is 11.5 Å². The zero-order valence-electron chi connectivity index (χ0n) is 18.0. The molecule has 3 rings (SSSR count). The van der Waals surface area contributed by atoms with E-state index in [9.17, 15) is 20.1 Å². The number of nitriles is 2. The second-order valence-corrected chi connectivity index (χ2v) is 6.47. The second kappa shape index (κ2) is 10.2. The van der Waals surface area contributed by atoms with Crippen LogP contribution in [0, 0.1) is 22.7 Å². The molecule has 174 valence electrons. The highest BCUT2D eigenvalue weighted by Crippen LogP contribution is 2.29. The van der Waals surface area contributed by atoms with Gasteiger partial charge in [0.05, 0.1) is 0 Å². The predicted octanol–water partition coefficient (Wildman–Crippen LogP) is 0.315. The third-order valence-electron chi connectivity index (χ3n) is 4.25. The van der Waals surface area contributed by atoms with Crippen molar-refractivity contribution in [1.29, 1.82) is 10.5 Å². The summed E-state index contributed by atoms with van der Waals surface area (Å²) in [6.45, 7) is 7.78. The number of nitrogens with zero attached hydrogens (tertiary/aromatic N) is 11. The van der Waals surface area contributed by atoms with E-state index in [0.29, 0.717) is 0 Å². The van der Waals surface area contributed by atoms with E-state index < -0.39 is 28.9 Å². The molecular formula is C19H16N14O2. The number of hydrogen-bond acceptors (Lipinski definition) is 12. The molecule has 3 aromatic rings. The molecule has 2 amide bonds. The van der Waals surface area contributed by atoms with Gasteiger partial charge in [0.25, 0.3) is 11.8 Å². The zero-order chi connectivity index (χ0) is 25.5. The van der Waals surface area contributed by atoms with Gasteiger partial charge in [0.1, 0.15) is 29.7 Å². The molecule has 0 saturated heterocycles. The second-order valence-electron chi connectivity index (χ2n) is 6.47. The summed E-state index contributed by atoms with van der Waals surface area (Å²) >= 11 is 0. The van der Waals surface area contributed by atoms with Gasteiger partial charge in [-0.3, -0.25) is 9.59 Å². The standard InChI is InChI=1S/C19H16N14O2/c1-3-5-32(6-4-2)19-26-13(15(22)34)12(14(27-19)16(23)35)28-29-17-10(7-20)11(8-21)33(31-17)18-24-9-25-30-18/h3-4,9H,1-2,5-6H2,(H2,22,34)(H2,23,35)(H,24,25,30). The highest BCUT2D eigenvalue weighted by molar-refractivity contribution is 6.03. The molecule has 3 aromatic heterocycles. The van der Waals surface area contributed by atoms with Crippen molar-refractivity contribution < 1.29 is 9.59 Å². The van der Waals surface area contributed by atoms with Gasteiger partial charge in [0, 0.05) is 13.1 Å². The first-order valence-electron chi connectivity index (χ1n) is 9.55. The molecular weight excluding hydrogens is 456 g/mol. The van der Waals surface area contributed by atoms with Crippen LogP contribution in [0.25, 0.3) is 5.95 Å². The molecule has 0 saturated carbocycles. The topological polar surface area (TPSA) is 247 Å². The Morgan fingerprint density at radius 2 is 1.74 bits per heavy atom. The van der Waals surface area contributed by atoms with E-state index in [-0.39, 0.29) is 42.1 Å². The maximum Gasteiger partial charge on any atom is 0.269 e. The molecule has 35 heavy (non-hydrogen) atoms. The van der Waals surface area contributed by atoms with E-state index in [1.54, 1.807) is 23.1 Å². The number of aromatic nitrogens is 7. The first kappa shape index (κ1) is 23.9. The van der Waals surface area contributed by atoms with Gasteiger partial charge in [-0.15, -0.1) is 28.5 Å². The van der Waals surface area contributed by atoms with Crippen LogP contribution in [0.4, 0.5) is 17.5 Å². The Labute approximate surface area is 196 Å². The van der Waals surface area contributed by atoms with E-state index in [2.05, 4.69) is 53.6 Å². The highest BCUT2D eigenvalue weighted by Gasteiger charge is 2.25. The molecule has 0 fully saturated rings. The summed E-state index contributed by atoms with van der Waals surface area (Å²) in [6.07, 6.45) is 4.27. The number of primary amides is 2. The normalized spacial score (nSPS) is 10.5. The lowest BCUT2D eigenvalue weighted by molar-refractivity contribution is 0.0995. The predicted molar refractivity (Wildman–Crippen MR) is 119 cm³/mol. The van der Waals surface area contributed by atoms with Crippen molar-refractivity contribution in [3.05, 3.63) is 54.3 Å². The molecule has 0 spiro atoms. The Balaban J connectivity index is 2.20. The van der Waals surface area contributed by atoms with Gasteiger partial charge in [0.2, 0.25) is 17.7 Å². The van der Waals surface area contributed by atoms with Crippen LogP contribution in [0.3, 0.4) is 0 Å². The SMILES string of the molecule is C=CCN(CC=C)c1nc(C(N)=O)c(N=Nc2nn(-c3ncn[nH]3)c(C#N)c2C#N)c(C(N)=O)n1. The lowest BCUT2D eigenvalue weighted by atomic mass is 10.2. The van der Waals surface area contributed by atoms with Crippen molar-refractivity contribution in [2.24, 2.45) is 21.7 Å². The Morgan fingerprint density at radius 1 is 1.11 bits per heavy atom. The van der Waals surface area contributed by atoms with Gasteiger partial charge in [-0.25, -0.2) is 15.1 Å². The number of amides is 2. The smallest absolute Gasteiger partial charge is 0.269 e. The maximum atomic E-state index is 12.2. The number of nitrogens with one attached hydrogen (secondary N) is 1. The average molecular weight is 472 g/mol. The van der Waals surface area contributed by atoms with Gasteiger partial charge in [-0.05, 0) is 0 Å². The third-order valence-corrected chi connectivity index (χ3v) is 4.25. The fourth-order valence-corrected chi connectivity index (χ4v) is 2.81. The number of carbonyl (C=O) groups is 2. The van der Waals surface area contributed by atoms with E-state index >= 15 is 0 Å². The molecule has 0 aromatic carbocycles. The molecule has 0 atom stereocenters. The summed E-state index contributed by atoms with van der Waals surface area (Å²) in [5.74, 6) is -2.44. The molecule has 0 unspecified atom stereocenters. The lowest BCUT2D eigenvalue weighted by Crippen LogP contribution is -2.29. The van der Waals surface area contributed by atoms with Gasteiger partial charge in [-0.1, -0.05) is 12.2 Å². The van der Waals surface area contributed by atoms with Crippen molar-refractivity contribution in [2.45, 2.75) is 0 Å². The molecule has 5 N–H and O–H groups in total. The van der Waals surface area contributed by atoms with Crippen LogP contribution in [0.15, 0.2) is 41.9 Å². The highest BCUT2D eigenvalue weighted by atomic mass is 16.1. The maximum absolute atomic E-state index is 12.2. The zero-order valence-corrected chi connectivity index (χ0v) is 18.0. The summed E-state index contributed by atoms with van der Waals surface area (Å²) in [6, 6.07) is 3.62. The van der Waals surface area contributed by atoms with Crippen molar-refractivity contribution in [1.82, 2.24) is 34.9 Å². The monoisotopic (exact) mass is 472 g/mol. The van der Waals surface area contributed by atoms with Crippen LogP contribution in [-0.2, 0) is 0 Å². The number of azo groups is 1. The van der Waals surface area contributed by atoms with E-state index in [0.717, 1.165) is 4.68 Å². The minimum Gasteiger partial charge on any atom is -0.364 e. The van der Waals surface area contributed by atoms with Crippen LogP contribution in [0.1, 0.15) is 32.2 Å². The number of carbonyl (C=O) groups excluding carboxylic acids is 2. The van der Waals surface area contributed by atoms with Crippen molar-refractivity contribution >= 4 is 29.3 Å². The van der Waals surface area contributed by atoms with Crippen molar-refractivity contribution in [2.75, 3.05) is 18.0 Å². The number of nitrogens with two attached hydrogens (primary N) is 2. The fraction of sp³-hybridized carbons (Fsp3) is 0.105. The van der Waals surface area contributed by atoms with Gasteiger partial charge < -0.3 is 16.4 Å². The molecule has 0 radical (unpaired) electrons. The van der Waals surface area contributed by atoms with E-state index in [1.165, 1.54) is 6.33 Å². The van der Waals surface area contributed by atoms with Crippen LogP contribution in [0.5, 0.6) is 0 Å². The van der Waals surface area contributed by atoms with E-state index in [1.807, 2.05) is 6.07 Å². The Bertz CT molecular complexity index is 1380. The Kier molecular flexibility index (Phi) is 6.98. The molecule has 0 aliphatic heterocycles. The third kappa shape index (κ3) is 4.71. The first-order valence-corrected chi connectivity index (χ1v) is 9.55. The Morgan fingerprint density at radius 3 is 2.20 bits per heavy atom. The van der Waals surface area contributed by atoms with Gasteiger partial charge >= 0.3 is 0 Å². The number of H-pyrrole nitrogens is 1. The minimum absolute atomic E-state index is 0.0346. The average Bonchev–Trinajstić information content (AvgIpc) is 3.49. The lowest BCUT2D eigenvalue weighted by Gasteiger charge is -2.20. The number of aromatic amines is 1. The van der Waals surface area contributed by atoms with Crippen molar-refractivity contribution in [3.63, 3.8) is 0 Å². The fourth-order valence-electron chi connectivity index (χ4n) is 2.81. The summed E-state index contributed by atoms with van der Waals surface area (Å²) in [4.78, 5) is 38.0. The first-order chi connectivity index (χ1) is 16.9. The molecule has 16 heteroatoms. The van der Waals surface area contributed by atoms with Crippen LogP contribution in [-0.4, -0.2) is 59.8 Å². The number of anilines is 1. The van der Waals surface area contributed by atoms with Crippen LogP contribution >= 0.6 is 0 Å². The van der Waals surface area contributed by atoms with Gasteiger partial charge in [-0.2, -0.15) is 25.3 Å². The molecule has 0 aliphatic rings. The Hall–Kier alpha value is -5.77. The quantitative estimate of drug-likeness (QED) is 0.269. The molecule has 3 heterocycles. The largest absolute Gasteiger partial charge is 0.364 e. The number of rotatable bonds is 10. The summed E-state index contributed by atoms with van der Waals surface area (Å²) in [5.41, 5.74) is 9.10. The minimum atomic E-state index is -1.05. The molecule has 0 bridgehead atoms. The molecule has 16 nitrogen and oxygen atoms in total. The van der Waals surface area contributed by atoms with Gasteiger partial charge in [0.15, 0.2) is 17.1 Å². The number of hydrogen-bond donors (Lipinski definition) is 3. The molecule has 0 aliphatic carbocycles. The van der Waals surface area contributed by atoms with Crippen molar-refractivity contribution in [3.8, 4) is 18.1 Å². The summed E-state index contributed by atoms with van der Waals surface area (Å²) < 4.78 is 0.992. The summed E-state index contributed by atoms with van der Waals surface area (Å²) in [5, 5.41) is 36.9. The van der Waals surface area contributed by atoms with Crippen LogP contribution in [0.2, 0.25) is 0 Å².